The van der Waals surface area contributed by atoms with Gasteiger partial charge in [0.15, 0.2) is 12.7 Å². The second kappa shape index (κ2) is 16.0. The number of hydrogen-bond acceptors (Lipinski definition) is 7. The zero-order chi connectivity index (χ0) is 33.3. The SMILES string of the molecule is CCC[C@H](NC(=O)COc1cccc2ccccc12)C(=O)N[C@@H](Cc1ccccc1)[C@H](O)C(=O)N1CSC[C@H]1C(=O)NC(C)(C)C. The lowest BCUT2D eigenvalue weighted by atomic mass is 9.99. The molecule has 0 spiro atoms. The number of carbonyl (C=O) groups excluding carboxylic acids is 4. The van der Waals surface area contributed by atoms with Crippen LogP contribution in [0.15, 0.2) is 72.8 Å². The Bertz CT molecular complexity index is 1510. The molecule has 1 fully saturated rings. The average Bonchev–Trinajstić information content (AvgIpc) is 3.53. The van der Waals surface area contributed by atoms with Gasteiger partial charge in [-0.05, 0) is 50.6 Å². The molecule has 4 rings (SSSR count). The molecule has 1 aliphatic rings. The van der Waals surface area contributed by atoms with Crippen LogP contribution in [0.3, 0.4) is 0 Å². The van der Waals surface area contributed by atoms with Gasteiger partial charge >= 0.3 is 0 Å². The van der Waals surface area contributed by atoms with Crippen LogP contribution in [0, 0.1) is 0 Å². The number of nitrogens with zero attached hydrogens (tertiary/aromatic N) is 1. The Balaban J connectivity index is 1.46. The molecule has 4 N–H and O–H groups in total. The van der Waals surface area contributed by atoms with Crippen LogP contribution in [0.5, 0.6) is 5.75 Å². The summed E-state index contributed by atoms with van der Waals surface area (Å²) in [6.07, 6.45) is -0.522. The van der Waals surface area contributed by atoms with Gasteiger partial charge in [-0.15, -0.1) is 11.8 Å². The summed E-state index contributed by atoms with van der Waals surface area (Å²) >= 11 is 1.43. The van der Waals surface area contributed by atoms with Gasteiger partial charge < -0.3 is 30.7 Å². The largest absolute Gasteiger partial charge is 0.483 e. The van der Waals surface area contributed by atoms with E-state index in [9.17, 15) is 24.3 Å². The summed E-state index contributed by atoms with van der Waals surface area (Å²) in [6.45, 7) is 7.19. The van der Waals surface area contributed by atoms with Gasteiger partial charge in [0.1, 0.15) is 17.8 Å². The number of amides is 4. The summed E-state index contributed by atoms with van der Waals surface area (Å²) in [7, 11) is 0. The van der Waals surface area contributed by atoms with Gasteiger partial charge in [0.25, 0.3) is 11.8 Å². The number of nitrogens with one attached hydrogen (secondary N) is 3. The van der Waals surface area contributed by atoms with Crippen molar-refractivity contribution < 1.29 is 29.0 Å². The highest BCUT2D eigenvalue weighted by molar-refractivity contribution is 7.99. The maximum Gasteiger partial charge on any atom is 0.258 e. The van der Waals surface area contributed by atoms with Gasteiger partial charge in [0.2, 0.25) is 11.8 Å². The third kappa shape index (κ3) is 9.46. The average molecular weight is 649 g/mol. The van der Waals surface area contributed by atoms with E-state index < -0.39 is 47.5 Å². The molecule has 1 aliphatic heterocycles. The number of fused-ring (bicyclic) bond motifs is 1. The van der Waals surface area contributed by atoms with Crippen molar-refractivity contribution in [3.05, 3.63) is 78.4 Å². The second-order valence-electron chi connectivity index (χ2n) is 12.5. The van der Waals surface area contributed by atoms with Gasteiger partial charge in [-0.3, -0.25) is 19.2 Å². The van der Waals surface area contributed by atoms with E-state index >= 15 is 0 Å². The first-order valence-corrected chi connectivity index (χ1v) is 16.7. The lowest BCUT2D eigenvalue weighted by Gasteiger charge is -2.32. The first-order chi connectivity index (χ1) is 22.0. The van der Waals surface area contributed by atoms with E-state index in [4.69, 9.17) is 4.74 Å². The van der Waals surface area contributed by atoms with Gasteiger partial charge in [-0.2, -0.15) is 0 Å². The summed E-state index contributed by atoms with van der Waals surface area (Å²) in [5, 5.41) is 21.8. The van der Waals surface area contributed by atoms with Crippen molar-refractivity contribution in [2.45, 2.75) is 76.7 Å². The van der Waals surface area contributed by atoms with Gasteiger partial charge in [0, 0.05) is 16.7 Å². The second-order valence-corrected chi connectivity index (χ2v) is 13.5. The molecule has 11 heteroatoms. The third-order valence-corrected chi connectivity index (χ3v) is 8.58. The highest BCUT2D eigenvalue weighted by Crippen LogP contribution is 2.26. The number of aliphatic hydroxyl groups excluding tert-OH is 1. The molecule has 3 aromatic carbocycles. The van der Waals surface area contributed by atoms with Crippen molar-refractivity contribution in [2.75, 3.05) is 18.2 Å². The third-order valence-electron chi connectivity index (χ3n) is 7.56. The smallest absolute Gasteiger partial charge is 0.258 e. The quantitative estimate of drug-likeness (QED) is 0.223. The fraction of sp³-hybridized carbons (Fsp3) is 0.429. The fourth-order valence-corrected chi connectivity index (χ4v) is 6.49. The molecular formula is C35H44N4O6S. The summed E-state index contributed by atoms with van der Waals surface area (Å²) < 4.78 is 5.82. The minimum atomic E-state index is -1.62. The molecule has 0 radical (unpaired) electrons. The number of rotatable bonds is 13. The number of thioether (sulfide) groups is 1. The summed E-state index contributed by atoms with van der Waals surface area (Å²) in [4.78, 5) is 54.6. The van der Waals surface area contributed by atoms with E-state index in [-0.39, 0.29) is 24.8 Å². The van der Waals surface area contributed by atoms with Crippen LogP contribution in [-0.2, 0) is 25.6 Å². The van der Waals surface area contributed by atoms with E-state index in [1.807, 2.05) is 94.4 Å². The highest BCUT2D eigenvalue weighted by atomic mass is 32.2. The van der Waals surface area contributed by atoms with Crippen LogP contribution >= 0.6 is 11.8 Å². The standard InChI is InChI=1S/C35H44N4O6S/c1-5-12-26(36-30(40)20-45-29-18-11-16-24-15-9-10-17-25(24)29)32(42)37-27(19-23-13-7-6-8-14-23)31(41)34(44)39-22-46-21-28(39)33(43)38-35(2,3)4/h6-11,13-18,26-28,31,41H,5,12,19-22H2,1-4H3,(H,36,40)(H,37,42)(H,38,43)/t26-,27-,28-,31-/m0/s1. The molecule has 1 saturated heterocycles. The maximum atomic E-state index is 13.7. The van der Waals surface area contributed by atoms with E-state index in [1.54, 1.807) is 6.07 Å². The van der Waals surface area contributed by atoms with Crippen molar-refractivity contribution in [3.8, 4) is 5.75 Å². The topological polar surface area (TPSA) is 137 Å². The van der Waals surface area contributed by atoms with Crippen LogP contribution in [0.4, 0.5) is 0 Å². The normalized spacial score (nSPS) is 16.7. The first kappa shape index (κ1) is 34.8. The van der Waals surface area contributed by atoms with Crippen molar-refractivity contribution in [1.29, 1.82) is 0 Å². The number of ether oxygens (including phenoxy) is 1. The van der Waals surface area contributed by atoms with Crippen molar-refractivity contribution in [1.82, 2.24) is 20.9 Å². The van der Waals surface area contributed by atoms with Crippen molar-refractivity contribution in [2.24, 2.45) is 0 Å². The molecule has 0 unspecified atom stereocenters. The molecule has 10 nitrogen and oxygen atoms in total. The molecule has 0 saturated carbocycles. The molecule has 0 aliphatic carbocycles. The Morgan fingerprint density at radius 1 is 0.978 bits per heavy atom. The van der Waals surface area contributed by atoms with Crippen LogP contribution in [0.25, 0.3) is 10.8 Å². The summed E-state index contributed by atoms with van der Waals surface area (Å²) in [5.41, 5.74) is 0.317. The van der Waals surface area contributed by atoms with Crippen LogP contribution < -0.4 is 20.7 Å². The molecule has 0 bridgehead atoms. The molecule has 3 aromatic rings. The highest BCUT2D eigenvalue weighted by Gasteiger charge is 2.41. The van der Waals surface area contributed by atoms with Crippen LogP contribution in [0.2, 0.25) is 0 Å². The lowest BCUT2D eigenvalue weighted by Crippen LogP contribution is -2.59. The molecule has 46 heavy (non-hydrogen) atoms. The van der Waals surface area contributed by atoms with Crippen molar-refractivity contribution in [3.63, 3.8) is 0 Å². The minimum Gasteiger partial charge on any atom is -0.483 e. The van der Waals surface area contributed by atoms with E-state index in [2.05, 4.69) is 16.0 Å². The maximum absolute atomic E-state index is 13.7. The summed E-state index contributed by atoms with van der Waals surface area (Å²) in [6, 6.07) is 19.8. The number of aliphatic hydroxyl groups is 1. The van der Waals surface area contributed by atoms with Crippen LogP contribution in [-0.4, -0.2) is 81.6 Å². The van der Waals surface area contributed by atoms with E-state index in [0.29, 0.717) is 24.3 Å². The monoisotopic (exact) mass is 648 g/mol. The zero-order valence-corrected chi connectivity index (χ0v) is 27.6. The molecule has 0 aromatic heterocycles. The predicted octanol–water partition coefficient (Wildman–Crippen LogP) is 3.41. The number of hydrogen-bond donors (Lipinski definition) is 4. The Labute approximate surface area is 274 Å². The molecule has 4 atom stereocenters. The summed E-state index contributed by atoms with van der Waals surface area (Å²) in [5.74, 6) is -0.718. The van der Waals surface area contributed by atoms with Gasteiger partial charge in [0.05, 0.1) is 11.9 Å². The number of carbonyl (C=O) groups is 4. The van der Waals surface area contributed by atoms with E-state index in [0.717, 1.165) is 16.3 Å². The fourth-order valence-electron chi connectivity index (χ4n) is 5.32. The first-order valence-electron chi connectivity index (χ1n) is 15.6. The number of benzene rings is 3. The minimum absolute atomic E-state index is 0.163. The zero-order valence-electron chi connectivity index (χ0n) is 26.8. The molecule has 4 amide bonds. The molecular weight excluding hydrogens is 604 g/mol. The predicted molar refractivity (Wildman–Crippen MR) is 180 cm³/mol. The Kier molecular flexibility index (Phi) is 12.1. The Hall–Kier alpha value is -4.09. The Morgan fingerprint density at radius 3 is 2.39 bits per heavy atom. The van der Waals surface area contributed by atoms with Crippen LogP contribution in [0.1, 0.15) is 46.1 Å². The lowest BCUT2D eigenvalue weighted by molar-refractivity contribution is -0.147. The van der Waals surface area contributed by atoms with Gasteiger partial charge in [-0.25, -0.2) is 0 Å². The molecule has 1 heterocycles. The molecule has 246 valence electrons. The van der Waals surface area contributed by atoms with E-state index in [1.165, 1.54) is 16.7 Å². The van der Waals surface area contributed by atoms with Crippen molar-refractivity contribution >= 4 is 46.2 Å². The Morgan fingerprint density at radius 2 is 1.67 bits per heavy atom. The van der Waals surface area contributed by atoms with Gasteiger partial charge in [-0.1, -0.05) is 80.1 Å².